The first-order valence-electron chi connectivity index (χ1n) is 9.78. The number of hydrogen-bond acceptors (Lipinski definition) is 4. The van der Waals surface area contributed by atoms with Crippen LogP contribution < -0.4 is 16.2 Å². The minimum Gasteiger partial charge on any atom is -0.353 e. The lowest BCUT2D eigenvalue weighted by Gasteiger charge is -2.39. The quantitative estimate of drug-likeness (QED) is 0.727. The van der Waals surface area contributed by atoms with Crippen molar-refractivity contribution in [3.63, 3.8) is 0 Å². The molecule has 0 radical (unpaired) electrons. The number of carbonyl (C=O) groups excluding carboxylic acids is 2. The topological polar surface area (TPSA) is 73.5 Å². The van der Waals surface area contributed by atoms with Crippen molar-refractivity contribution in [1.82, 2.24) is 21.1 Å². The lowest BCUT2D eigenvalue weighted by molar-refractivity contribution is -0.128. The van der Waals surface area contributed by atoms with Gasteiger partial charge in [-0.05, 0) is 32.2 Å². The van der Waals surface area contributed by atoms with Crippen LogP contribution in [-0.4, -0.2) is 48.4 Å². The van der Waals surface area contributed by atoms with Crippen LogP contribution in [0.3, 0.4) is 0 Å². The molecule has 2 amide bonds. The van der Waals surface area contributed by atoms with Crippen molar-refractivity contribution < 1.29 is 9.59 Å². The van der Waals surface area contributed by atoms with Gasteiger partial charge in [0.15, 0.2) is 0 Å². The molecule has 136 valence electrons. The van der Waals surface area contributed by atoms with Crippen LogP contribution in [0, 0.1) is 5.92 Å². The van der Waals surface area contributed by atoms with E-state index in [4.69, 9.17) is 0 Å². The van der Waals surface area contributed by atoms with Crippen molar-refractivity contribution in [2.75, 3.05) is 19.6 Å². The Morgan fingerprint density at radius 1 is 1.04 bits per heavy atom. The molecule has 24 heavy (non-hydrogen) atoms. The Labute approximate surface area is 145 Å². The lowest BCUT2D eigenvalue weighted by Crippen LogP contribution is -2.58. The molecule has 6 nitrogen and oxygen atoms in total. The number of hydrazine groups is 1. The van der Waals surface area contributed by atoms with Crippen molar-refractivity contribution in [2.45, 2.75) is 76.3 Å². The maximum atomic E-state index is 12.7. The summed E-state index contributed by atoms with van der Waals surface area (Å²) in [6.07, 6.45) is 11.3. The molecular formula is C18H32N4O2. The minimum atomic E-state index is 0.0485. The molecular weight excluding hydrogens is 304 g/mol. The van der Waals surface area contributed by atoms with E-state index < -0.39 is 0 Å². The molecule has 3 fully saturated rings. The lowest BCUT2D eigenvalue weighted by atomic mass is 9.93. The van der Waals surface area contributed by atoms with Gasteiger partial charge in [-0.2, -0.15) is 0 Å². The first kappa shape index (κ1) is 17.7. The van der Waals surface area contributed by atoms with Gasteiger partial charge >= 0.3 is 0 Å². The molecule has 0 bridgehead atoms. The van der Waals surface area contributed by atoms with Gasteiger partial charge in [0.05, 0.1) is 5.92 Å². The van der Waals surface area contributed by atoms with Gasteiger partial charge in [-0.3, -0.25) is 19.9 Å². The van der Waals surface area contributed by atoms with Crippen LogP contribution in [0.2, 0.25) is 0 Å². The largest absolute Gasteiger partial charge is 0.353 e. The van der Waals surface area contributed by atoms with Crippen LogP contribution in [0.5, 0.6) is 0 Å². The molecule has 0 aromatic heterocycles. The highest BCUT2D eigenvalue weighted by molar-refractivity contribution is 5.79. The second-order valence-corrected chi connectivity index (χ2v) is 7.67. The second kappa shape index (κ2) is 8.81. The summed E-state index contributed by atoms with van der Waals surface area (Å²) in [5, 5.41) is 3.33. The number of nitrogens with one attached hydrogen (secondary N) is 3. The van der Waals surface area contributed by atoms with Crippen LogP contribution >= 0.6 is 0 Å². The average Bonchev–Trinajstić information content (AvgIpc) is 2.57. The summed E-state index contributed by atoms with van der Waals surface area (Å²) in [5.41, 5.74) is 5.62. The van der Waals surface area contributed by atoms with E-state index in [1.54, 1.807) is 0 Å². The summed E-state index contributed by atoms with van der Waals surface area (Å²) in [6, 6.07) is 0.589. The first-order chi connectivity index (χ1) is 11.7. The van der Waals surface area contributed by atoms with Crippen molar-refractivity contribution in [3.8, 4) is 0 Å². The maximum absolute atomic E-state index is 12.7. The molecule has 2 saturated heterocycles. The Balaban J connectivity index is 1.49. The third-order valence-electron chi connectivity index (χ3n) is 5.78. The summed E-state index contributed by atoms with van der Waals surface area (Å²) in [5.74, 6) is 0.361. The van der Waals surface area contributed by atoms with Gasteiger partial charge < -0.3 is 5.32 Å². The van der Waals surface area contributed by atoms with Crippen LogP contribution in [-0.2, 0) is 9.59 Å². The zero-order chi connectivity index (χ0) is 16.8. The highest BCUT2D eigenvalue weighted by Crippen LogP contribution is 2.22. The number of carbonyl (C=O) groups is 2. The Morgan fingerprint density at radius 2 is 1.79 bits per heavy atom. The van der Waals surface area contributed by atoms with E-state index in [1.165, 1.54) is 32.1 Å². The summed E-state index contributed by atoms with van der Waals surface area (Å²) < 4.78 is 0. The fraction of sp³-hybridized carbons (Fsp3) is 0.889. The van der Waals surface area contributed by atoms with Crippen molar-refractivity contribution in [2.24, 2.45) is 5.92 Å². The summed E-state index contributed by atoms with van der Waals surface area (Å²) >= 11 is 0. The highest BCUT2D eigenvalue weighted by Gasteiger charge is 2.32. The van der Waals surface area contributed by atoms with Crippen molar-refractivity contribution in [3.05, 3.63) is 0 Å². The molecule has 2 aliphatic heterocycles. The van der Waals surface area contributed by atoms with E-state index in [1.807, 2.05) is 0 Å². The zero-order valence-electron chi connectivity index (χ0n) is 14.7. The number of nitrogens with zero attached hydrogens (tertiary/aromatic N) is 1. The standard InChI is InChI=1S/C18H32N4O2/c23-17-11-16(12-19-21-17)22-10-6-7-14(13-22)18(24)20-15-8-4-2-1-3-5-9-15/h14-16,19H,1-13H2,(H,20,24)(H,21,23). The number of likely N-dealkylation sites (tertiary alicyclic amines) is 1. The van der Waals surface area contributed by atoms with Gasteiger partial charge in [0.2, 0.25) is 11.8 Å². The van der Waals surface area contributed by atoms with E-state index in [9.17, 15) is 9.59 Å². The normalized spacial score (nSPS) is 30.9. The first-order valence-corrected chi connectivity index (χ1v) is 9.78. The number of rotatable bonds is 3. The Kier molecular flexibility index (Phi) is 6.49. The number of piperidine rings is 1. The third kappa shape index (κ3) is 4.93. The van der Waals surface area contributed by atoms with Crippen molar-refractivity contribution >= 4 is 11.8 Å². The van der Waals surface area contributed by atoms with Gasteiger partial charge in [0.25, 0.3) is 0 Å². The minimum absolute atomic E-state index is 0.0485. The Morgan fingerprint density at radius 3 is 2.54 bits per heavy atom. The predicted octanol–water partition coefficient (Wildman–Crippen LogP) is 1.32. The third-order valence-corrected chi connectivity index (χ3v) is 5.78. The molecule has 2 unspecified atom stereocenters. The molecule has 0 spiro atoms. The predicted molar refractivity (Wildman–Crippen MR) is 93.1 cm³/mol. The summed E-state index contributed by atoms with van der Waals surface area (Å²) in [6.45, 7) is 2.55. The number of amides is 2. The van der Waals surface area contributed by atoms with E-state index in [2.05, 4.69) is 21.1 Å². The molecule has 1 saturated carbocycles. The second-order valence-electron chi connectivity index (χ2n) is 7.67. The highest BCUT2D eigenvalue weighted by atomic mass is 16.2. The van der Waals surface area contributed by atoms with E-state index in [-0.39, 0.29) is 23.8 Å². The molecule has 6 heteroatoms. The maximum Gasteiger partial charge on any atom is 0.235 e. The van der Waals surface area contributed by atoms with Crippen LogP contribution in [0.15, 0.2) is 0 Å². The number of hydrogen-bond donors (Lipinski definition) is 3. The molecule has 0 aromatic carbocycles. The fourth-order valence-electron chi connectivity index (χ4n) is 4.33. The molecule has 1 aliphatic carbocycles. The van der Waals surface area contributed by atoms with Crippen LogP contribution in [0.25, 0.3) is 0 Å². The van der Waals surface area contributed by atoms with E-state index in [0.29, 0.717) is 12.5 Å². The van der Waals surface area contributed by atoms with Gasteiger partial charge in [0, 0.05) is 31.6 Å². The zero-order valence-corrected chi connectivity index (χ0v) is 14.7. The van der Waals surface area contributed by atoms with Crippen molar-refractivity contribution in [1.29, 1.82) is 0 Å². The SMILES string of the molecule is O=C1CC(N2CCCC(C(=O)NC3CCCCCCC3)C2)CNN1. The molecule has 2 atom stereocenters. The molecule has 2 heterocycles. The summed E-state index contributed by atoms with van der Waals surface area (Å²) in [4.78, 5) is 26.6. The van der Waals surface area contributed by atoms with Gasteiger partial charge in [-0.15, -0.1) is 0 Å². The Hall–Kier alpha value is -1.14. The smallest absolute Gasteiger partial charge is 0.235 e. The molecule has 3 rings (SSSR count). The van der Waals surface area contributed by atoms with Gasteiger partial charge in [-0.1, -0.05) is 32.1 Å². The summed E-state index contributed by atoms with van der Waals surface area (Å²) in [7, 11) is 0. The van der Waals surface area contributed by atoms with E-state index >= 15 is 0 Å². The van der Waals surface area contributed by atoms with Crippen LogP contribution in [0.4, 0.5) is 0 Å². The van der Waals surface area contributed by atoms with Gasteiger partial charge in [0.1, 0.15) is 0 Å². The monoisotopic (exact) mass is 336 g/mol. The average molecular weight is 336 g/mol. The van der Waals surface area contributed by atoms with Crippen LogP contribution in [0.1, 0.15) is 64.2 Å². The molecule has 0 aromatic rings. The molecule has 3 aliphatic rings. The molecule has 3 N–H and O–H groups in total. The Bertz CT molecular complexity index is 435. The van der Waals surface area contributed by atoms with Gasteiger partial charge in [-0.25, -0.2) is 5.43 Å². The fourth-order valence-corrected chi connectivity index (χ4v) is 4.33. The van der Waals surface area contributed by atoms with E-state index in [0.717, 1.165) is 45.3 Å².